The number of anilines is 1. The lowest BCUT2D eigenvalue weighted by Gasteiger charge is -2.21. The summed E-state index contributed by atoms with van der Waals surface area (Å²) in [5.41, 5.74) is 9.28. The third-order valence-electron chi connectivity index (χ3n) is 4.21. The Hall–Kier alpha value is -2.60. The van der Waals surface area contributed by atoms with Gasteiger partial charge < -0.3 is 16.0 Å². The van der Waals surface area contributed by atoms with Crippen molar-refractivity contribution >= 4 is 33.5 Å². The molecule has 24 heavy (non-hydrogen) atoms. The van der Waals surface area contributed by atoms with E-state index in [1.807, 2.05) is 54.6 Å². The number of nitrogens with one attached hydrogen (secondary N) is 1. The Kier molecular flexibility index (Phi) is 3.61. The SMILES string of the molecule is NC1=NC(c2ccccc2)C2=C(N1)C(=O)N(c1ccc(Br)cc1)C2. The van der Waals surface area contributed by atoms with Gasteiger partial charge in [0.1, 0.15) is 11.7 Å². The minimum atomic E-state index is -0.230. The first kappa shape index (κ1) is 15.0. The zero-order chi connectivity index (χ0) is 16.7. The van der Waals surface area contributed by atoms with Crippen LogP contribution < -0.4 is 16.0 Å². The Morgan fingerprint density at radius 1 is 1.12 bits per heavy atom. The maximum Gasteiger partial charge on any atom is 0.275 e. The molecule has 6 heteroatoms. The second-order valence-corrected chi connectivity index (χ2v) is 6.64. The summed E-state index contributed by atoms with van der Waals surface area (Å²) in [6.07, 6.45) is 0. The number of amides is 1. The molecule has 0 spiro atoms. The summed E-state index contributed by atoms with van der Waals surface area (Å²) in [6.45, 7) is 0.499. The summed E-state index contributed by atoms with van der Waals surface area (Å²) < 4.78 is 0.975. The van der Waals surface area contributed by atoms with Crippen LogP contribution in [0.15, 0.2) is 75.3 Å². The number of rotatable bonds is 2. The summed E-state index contributed by atoms with van der Waals surface area (Å²) in [7, 11) is 0. The van der Waals surface area contributed by atoms with Crippen molar-refractivity contribution in [2.24, 2.45) is 10.7 Å². The van der Waals surface area contributed by atoms with Crippen molar-refractivity contribution in [3.05, 3.63) is 75.9 Å². The van der Waals surface area contributed by atoms with Crippen molar-refractivity contribution in [3.8, 4) is 0 Å². The lowest BCUT2D eigenvalue weighted by molar-refractivity contribution is -0.114. The molecular weight excluding hydrogens is 368 g/mol. The van der Waals surface area contributed by atoms with Gasteiger partial charge in [0, 0.05) is 15.7 Å². The Morgan fingerprint density at radius 3 is 2.54 bits per heavy atom. The molecule has 2 heterocycles. The first-order chi connectivity index (χ1) is 11.6. The van der Waals surface area contributed by atoms with Crippen LogP contribution in [0.3, 0.4) is 0 Å². The Balaban J connectivity index is 1.71. The highest BCUT2D eigenvalue weighted by Gasteiger charge is 2.38. The van der Waals surface area contributed by atoms with Crippen LogP contribution in [-0.4, -0.2) is 18.4 Å². The van der Waals surface area contributed by atoms with E-state index in [9.17, 15) is 4.79 Å². The fourth-order valence-corrected chi connectivity index (χ4v) is 3.33. The number of carbonyl (C=O) groups is 1. The number of aliphatic imine (C=N–C) groups is 1. The molecule has 1 unspecified atom stereocenters. The number of nitrogens with two attached hydrogens (primary N) is 1. The summed E-state index contributed by atoms with van der Waals surface area (Å²) in [5, 5.41) is 2.95. The van der Waals surface area contributed by atoms with Crippen molar-refractivity contribution in [2.75, 3.05) is 11.4 Å². The Morgan fingerprint density at radius 2 is 1.83 bits per heavy atom. The molecule has 0 saturated carbocycles. The van der Waals surface area contributed by atoms with Gasteiger partial charge in [-0.1, -0.05) is 46.3 Å². The molecule has 5 nitrogen and oxygen atoms in total. The van der Waals surface area contributed by atoms with Gasteiger partial charge in [0.2, 0.25) is 0 Å². The van der Waals surface area contributed by atoms with Crippen molar-refractivity contribution in [3.63, 3.8) is 0 Å². The third-order valence-corrected chi connectivity index (χ3v) is 4.74. The van der Waals surface area contributed by atoms with E-state index in [1.165, 1.54) is 0 Å². The number of guanidine groups is 1. The van der Waals surface area contributed by atoms with Crippen LogP contribution >= 0.6 is 15.9 Å². The van der Waals surface area contributed by atoms with E-state index in [4.69, 9.17) is 5.73 Å². The first-order valence-electron chi connectivity index (χ1n) is 7.59. The molecule has 0 aromatic heterocycles. The first-order valence-corrected chi connectivity index (χ1v) is 8.38. The molecule has 2 aliphatic rings. The average Bonchev–Trinajstić information content (AvgIpc) is 2.93. The zero-order valence-electron chi connectivity index (χ0n) is 12.7. The Labute approximate surface area is 148 Å². The predicted molar refractivity (Wildman–Crippen MR) is 97.5 cm³/mol. The van der Waals surface area contributed by atoms with E-state index in [0.717, 1.165) is 21.3 Å². The van der Waals surface area contributed by atoms with E-state index in [1.54, 1.807) is 4.90 Å². The van der Waals surface area contributed by atoms with Gasteiger partial charge in [-0.05, 0) is 29.8 Å². The van der Waals surface area contributed by atoms with Crippen LogP contribution in [0.2, 0.25) is 0 Å². The summed E-state index contributed by atoms with van der Waals surface area (Å²) >= 11 is 3.42. The molecule has 120 valence electrons. The van der Waals surface area contributed by atoms with E-state index in [0.29, 0.717) is 12.2 Å². The van der Waals surface area contributed by atoms with Crippen molar-refractivity contribution < 1.29 is 4.79 Å². The molecule has 1 atom stereocenters. The second-order valence-electron chi connectivity index (χ2n) is 5.72. The van der Waals surface area contributed by atoms with Gasteiger partial charge in [0.25, 0.3) is 5.91 Å². The van der Waals surface area contributed by atoms with E-state index in [2.05, 4.69) is 26.2 Å². The normalized spacial score (nSPS) is 19.9. The highest BCUT2D eigenvalue weighted by molar-refractivity contribution is 9.10. The smallest absolute Gasteiger partial charge is 0.275 e. The van der Waals surface area contributed by atoms with E-state index < -0.39 is 0 Å². The zero-order valence-corrected chi connectivity index (χ0v) is 14.3. The largest absolute Gasteiger partial charge is 0.370 e. The molecule has 4 rings (SSSR count). The van der Waals surface area contributed by atoms with Gasteiger partial charge in [0.15, 0.2) is 5.96 Å². The minimum absolute atomic E-state index is 0.0777. The molecule has 2 aromatic carbocycles. The monoisotopic (exact) mass is 382 g/mol. The van der Waals surface area contributed by atoms with Gasteiger partial charge in [-0.15, -0.1) is 0 Å². The number of hydrogen-bond donors (Lipinski definition) is 2. The molecule has 3 N–H and O–H groups in total. The number of carbonyl (C=O) groups excluding carboxylic acids is 1. The van der Waals surface area contributed by atoms with Gasteiger partial charge in [-0.2, -0.15) is 0 Å². The second kappa shape index (κ2) is 5.79. The van der Waals surface area contributed by atoms with Crippen molar-refractivity contribution in [2.45, 2.75) is 6.04 Å². The molecule has 0 fully saturated rings. The molecular formula is C18H15BrN4O. The van der Waals surface area contributed by atoms with Gasteiger partial charge in [-0.3, -0.25) is 4.79 Å². The predicted octanol–water partition coefficient (Wildman–Crippen LogP) is 2.71. The highest BCUT2D eigenvalue weighted by Crippen LogP contribution is 2.36. The van der Waals surface area contributed by atoms with Crippen LogP contribution in [0.25, 0.3) is 0 Å². The third kappa shape index (κ3) is 2.49. The quantitative estimate of drug-likeness (QED) is 0.838. The molecule has 0 bridgehead atoms. The van der Waals surface area contributed by atoms with Crippen molar-refractivity contribution in [1.29, 1.82) is 0 Å². The van der Waals surface area contributed by atoms with Gasteiger partial charge in [-0.25, -0.2) is 4.99 Å². The maximum absolute atomic E-state index is 12.8. The number of hydrogen-bond acceptors (Lipinski definition) is 4. The highest BCUT2D eigenvalue weighted by atomic mass is 79.9. The maximum atomic E-state index is 12.8. The summed E-state index contributed by atoms with van der Waals surface area (Å²) in [5.74, 6) is 0.194. The molecule has 0 radical (unpaired) electrons. The number of benzene rings is 2. The fraction of sp³-hybridized carbons (Fsp3) is 0.111. The lowest BCUT2D eigenvalue weighted by Crippen LogP contribution is -2.38. The van der Waals surface area contributed by atoms with Crippen molar-refractivity contribution in [1.82, 2.24) is 5.32 Å². The molecule has 0 saturated heterocycles. The summed E-state index contributed by atoms with van der Waals surface area (Å²) in [4.78, 5) is 19.1. The van der Waals surface area contributed by atoms with Crippen LogP contribution in [-0.2, 0) is 4.79 Å². The van der Waals surface area contributed by atoms with Gasteiger partial charge in [0.05, 0.1) is 6.54 Å². The lowest BCUT2D eigenvalue weighted by atomic mass is 9.97. The van der Waals surface area contributed by atoms with Crippen LogP contribution in [0.1, 0.15) is 11.6 Å². The van der Waals surface area contributed by atoms with Crippen LogP contribution in [0.5, 0.6) is 0 Å². The van der Waals surface area contributed by atoms with E-state index in [-0.39, 0.29) is 17.9 Å². The molecule has 2 aliphatic heterocycles. The average molecular weight is 383 g/mol. The minimum Gasteiger partial charge on any atom is -0.370 e. The van der Waals surface area contributed by atoms with Crippen LogP contribution in [0, 0.1) is 0 Å². The standard InChI is InChI=1S/C18H15BrN4O/c19-12-6-8-13(9-7-12)23-10-14-15(11-4-2-1-3-5-11)21-18(20)22-16(14)17(23)24/h1-9,15H,10H2,(H3,20,21,22). The molecule has 2 aromatic rings. The van der Waals surface area contributed by atoms with Crippen LogP contribution in [0.4, 0.5) is 5.69 Å². The topological polar surface area (TPSA) is 70.7 Å². The van der Waals surface area contributed by atoms with Gasteiger partial charge >= 0.3 is 0 Å². The number of nitrogens with zero attached hydrogens (tertiary/aromatic N) is 2. The molecule has 0 aliphatic carbocycles. The fourth-order valence-electron chi connectivity index (χ4n) is 3.07. The summed E-state index contributed by atoms with van der Waals surface area (Å²) in [6, 6.07) is 17.4. The van der Waals surface area contributed by atoms with E-state index >= 15 is 0 Å². The Bertz CT molecular complexity index is 858. The number of halogens is 1. The molecule has 1 amide bonds.